The first-order valence-corrected chi connectivity index (χ1v) is 11.2. The van der Waals surface area contributed by atoms with E-state index in [1.165, 1.54) is 0 Å². The zero-order valence-corrected chi connectivity index (χ0v) is 17.9. The van der Waals surface area contributed by atoms with Gasteiger partial charge in [0.25, 0.3) is 0 Å². The molecule has 1 aromatic rings. The summed E-state index contributed by atoms with van der Waals surface area (Å²) in [5.74, 6) is 0.444. The number of amides is 2. The Hall–Kier alpha value is -1.89. The number of hydrogen-bond acceptors (Lipinski definition) is 4. The van der Waals surface area contributed by atoms with Gasteiger partial charge in [0.1, 0.15) is 0 Å². The van der Waals surface area contributed by atoms with Crippen molar-refractivity contribution < 1.29 is 14.3 Å². The Morgan fingerprint density at radius 3 is 2.62 bits per heavy atom. The predicted molar refractivity (Wildman–Crippen MR) is 109 cm³/mol. The lowest BCUT2D eigenvalue weighted by atomic mass is 9.70. The van der Waals surface area contributed by atoms with E-state index in [2.05, 4.69) is 16.9 Å². The van der Waals surface area contributed by atoms with E-state index in [1.807, 2.05) is 35.7 Å². The zero-order chi connectivity index (χ0) is 20.6. The van der Waals surface area contributed by atoms with E-state index in [-0.39, 0.29) is 36.1 Å². The van der Waals surface area contributed by atoms with Crippen LogP contribution in [0.3, 0.4) is 0 Å². The molecule has 0 N–H and O–H groups in total. The fraction of sp³-hybridized carbons (Fsp3) is 0.773. The van der Waals surface area contributed by atoms with E-state index in [9.17, 15) is 9.59 Å². The highest BCUT2D eigenvalue weighted by Crippen LogP contribution is 2.53. The van der Waals surface area contributed by atoms with Gasteiger partial charge in [0.05, 0.1) is 17.6 Å². The van der Waals surface area contributed by atoms with Crippen LogP contribution in [0.25, 0.3) is 0 Å². The van der Waals surface area contributed by atoms with Gasteiger partial charge in [0, 0.05) is 50.5 Å². The normalized spacial score (nSPS) is 34.0. The molecule has 160 valence electrons. The van der Waals surface area contributed by atoms with Crippen LogP contribution in [0.5, 0.6) is 0 Å². The molecular weight excluding hydrogens is 368 g/mol. The molecule has 5 atom stereocenters. The molecule has 7 nitrogen and oxygen atoms in total. The molecule has 0 aromatic carbocycles. The molecule has 29 heavy (non-hydrogen) atoms. The first-order chi connectivity index (χ1) is 13.9. The molecule has 1 aromatic heterocycles. The molecular formula is C22H34N4O3. The van der Waals surface area contributed by atoms with Crippen LogP contribution in [-0.2, 0) is 20.9 Å². The molecule has 0 saturated carbocycles. The summed E-state index contributed by atoms with van der Waals surface area (Å²) in [6, 6.07) is 2.17. The van der Waals surface area contributed by atoms with Gasteiger partial charge in [0.15, 0.2) is 0 Å². The predicted octanol–water partition coefficient (Wildman–Crippen LogP) is 2.46. The summed E-state index contributed by atoms with van der Waals surface area (Å²) in [6.07, 6.45) is 8.71. The second-order valence-electron chi connectivity index (χ2n) is 9.10. The summed E-state index contributed by atoms with van der Waals surface area (Å²) in [6.45, 7) is 8.24. The first kappa shape index (κ1) is 20.4. The van der Waals surface area contributed by atoms with E-state index in [4.69, 9.17) is 4.74 Å². The topological polar surface area (TPSA) is 67.7 Å². The fourth-order valence-corrected chi connectivity index (χ4v) is 5.93. The molecule has 7 heteroatoms. The second kappa shape index (κ2) is 8.09. The van der Waals surface area contributed by atoms with Gasteiger partial charge in [-0.15, -0.1) is 0 Å². The average Bonchev–Trinajstić information content (AvgIpc) is 3.42. The van der Waals surface area contributed by atoms with Gasteiger partial charge >= 0.3 is 0 Å². The molecule has 0 radical (unpaired) electrons. The van der Waals surface area contributed by atoms with Crippen molar-refractivity contribution in [3.8, 4) is 0 Å². The minimum Gasteiger partial charge on any atom is -0.372 e. The van der Waals surface area contributed by atoms with Gasteiger partial charge in [0.2, 0.25) is 11.8 Å². The van der Waals surface area contributed by atoms with Crippen molar-refractivity contribution >= 4 is 11.8 Å². The van der Waals surface area contributed by atoms with Gasteiger partial charge in [-0.05, 0) is 52.0 Å². The summed E-state index contributed by atoms with van der Waals surface area (Å²) in [5.41, 5.74) is -0.419. The fourth-order valence-electron chi connectivity index (χ4n) is 5.93. The number of carbonyl (C=O) groups is 2. The summed E-state index contributed by atoms with van der Waals surface area (Å²) < 4.78 is 7.69. The number of aryl methyl sites for hydroxylation is 1. The van der Waals surface area contributed by atoms with Crippen molar-refractivity contribution in [1.29, 1.82) is 0 Å². The molecule has 0 aliphatic carbocycles. The van der Waals surface area contributed by atoms with Gasteiger partial charge in [-0.2, -0.15) is 5.10 Å². The summed E-state index contributed by atoms with van der Waals surface area (Å²) >= 11 is 0. The highest BCUT2D eigenvalue weighted by Gasteiger charge is 2.61. The number of carbonyl (C=O) groups excluding carboxylic acids is 2. The van der Waals surface area contributed by atoms with Crippen molar-refractivity contribution in [2.45, 2.75) is 90.1 Å². The van der Waals surface area contributed by atoms with Crippen LogP contribution in [-0.4, -0.2) is 68.8 Å². The van der Waals surface area contributed by atoms with E-state index in [1.54, 1.807) is 6.20 Å². The monoisotopic (exact) mass is 402 g/mol. The minimum absolute atomic E-state index is 0.0515. The Kier molecular flexibility index (Phi) is 5.69. The van der Waals surface area contributed by atoms with Crippen LogP contribution in [0.15, 0.2) is 18.5 Å². The highest BCUT2D eigenvalue weighted by molar-refractivity contribution is 5.87. The Bertz CT molecular complexity index is 726. The van der Waals surface area contributed by atoms with Crippen LogP contribution in [0, 0.1) is 5.41 Å². The standard InChI is InChI=1S/C22H34N4O3/c1-4-22(21(28)24-14-16(2)29-17(3)15-24)13-18-8-9-19(22)26(18)20(27)7-5-11-25-12-6-10-23-25/h6,10,12,16-19H,4-5,7-9,11,13-15H2,1-3H3/t16-,17+,18-,19+,22+/m0/s1. The van der Waals surface area contributed by atoms with E-state index >= 15 is 0 Å². The maximum absolute atomic E-state index is 13.7. The van der Waals surface area contributed by atoms with Crippen LogP contribution in [0.2, 0.25) is 0 Å². The van der Waals surface area contributed by atoms with E-state index < -0.39 is 5.41 Å². The quantitative estimate of drug-likeness (QED) is 0.733. The van der Waals surface area contributed by atoms with Crippen molar-refractivity contribution in [1.82, 2.24) is 19.6 Å². The second-order valence-corrected chi connectivity index (χ2v) is 9.10. The number of ether oxygens (including phenoxy) is 1. The third-order valence-electron chi connectivity index (χ3n) is 7.13. The van der Waals surface area contributed by atoms with Crippen LogP contribution in [0.1, 0.15) is 59.3 Å². The Labute approximate surface area is 173 Å². The van der Waals surface area contributed by atoms with Crippen LogP contribution >= 0.6 is 0 Å². The number of hydrogen-bond donors (Lipinski definition) is 0. The number of fused-ring (bicyclic) bond motifs is 2. The van der Waals surface area contributed by atoms with Gasteiger partial charge in [-0.3, -0.25) is 14.3 Å². The number of nitrogens with zero attached hydrogens (tertiary/aromatic N) is 4. The number of rotatable bonds is 6. The molecule has 3 saturated heterocycles. The zero-order valence-electron chi connectivity index (χ0n) is 17.9. The molecule has 4 rings (SSSR count). The maximum Gasteiger partial charge on any atom is 0.231 e. The molecule has 4 heterocycles. The Balaban J connectivity index is 1.44. The third-order valence-corrected chi connectivity index (χ3v) is 7.13. The van der Waals surface area contributed by atoms with Gasteiger partial charge < -0.3 is 14.5 Å². The SMILES string of the molecule is CC[C@@]1(C(=O)N2C[C@@H](C)O[C@@H](C)C2)C[C@@H]2CC[C@H]1N2C(=O)CCCn1cccn1. The molecule has 2 bridgehead atoms. The first-order valence-electron chi connectivity index (χ1n) is 11.2. The minimum atomic E-state index is -0.419. The lowest BCUT2D eigenvalue weighted by Gasteiger charge is -2.43. The van der Waals surface area contributed by atoms with Crippen molar-refractivity contribution in [2.24, 2.45) is 5.41 Å². The molecule has 0 spiro atoms. The van der Waals surface area contributed by atoms with E-state index in [0.29, 0.717) is 19.5 Å². The lowest BCUT2D eigenvalue weighted by Crippen LogP contribution is -2.56. The summed E-state index contributed by atoms with van der Waals surface area (Å²) in [4.78, 5) is 30.9. The maximum atomic E-state index is 13.7. The number of aromatic nitrogens is 2. The number of morpholine rings is 1. The summed E-state index contributed by atoms with van der Waals surface area (Å²) in [7, 11) is 0. The highest BCUT2D eigenvalue weighted by atomic mass is 16.5. The Morgan fingerprint density at radius 1 is 1.21 bits per heavy atom. The van der Waals surface area contributed by atoms with Crippen LogP contribution < -0.4 is 0 Å². The van der Waals surface area contributed by atoms with Crippen molar-refractivity contribution in [3.63, 3.8) is 0 Å². The van der Waals surface area contributed by atoms with Crippen molar-refractivity contribution in [3.05, 3.63) is 18.5 Å². The smallest absolute Gasteiger partial charge is 0.231 e. The average molecular weight is 403 g/mol. The lowest BCUT2D eigenvalue weighted by molar-refractivity contribution is -0.156. The largest absolute Gasteiger partial charge is 0.372 e. The molecule has 3 fully saturated rings. The van der Waals surface area contributed by atoms with Crippen molar-refractivity contribution in [2.75, 3.05) is 13.1 Å². The molecule has 3 aliphatic rings. The van der Waals surface area contributed by atoms with Gasteiger partial charge in [-0.25, -0.2) is 0 Å². The Morgan fingerprint density at radius 2 is 1.97 bits per heavy atom. The summed E-state index contributed by atoms with van der Waals surface area (Å²) in [5, 5.41) is 4.21. The molecule has 2 amide bonds. The van der Waals surface area contributed by atoms with Gasteiger partial charge in [-0.1, -0.05) is 6.92 Å². The van der Waals surface area contributed by atoms with E-state index in [0.717, 1.165) is 38.6 Å². The third kappa shape index (κ3) is 3.69. The molecule has 3 aliphatic heterocycles. The van der Waals surface area contributed by atoms with Crippen LogP contribution in [0.4, 0.5) is 0 Å². The molecule has 0 unspecified atom stereocenters.